The summed E-state index contributed by atoms with van der Waals surface area (Å²) in [6.07, 6.45) is 0.547. The first-order valence-corrected chi connectivity index (χ1v) is 16.4. The van der Waals surface area contributed by atoms with Crippen molar-refractivity contribution in [1.29, 1.82) is 0 Å². The van der Waals surface area contributed by atoms with Gasteiger partial charge in [-0.2, -0.15) is 0 Å². The maximum Gasteiger partial charge on any atom is 0.320 e. The van der Waals surface area contributed by atoms with E-state index in [1.54, 1.807) is 30.3 Å². The molecule has 0 unspecified atom stereocenters. The molecule has 49 heavy (non-hydrogen) atoms. The zero-order valence-electron chi connectivity index (χ0n) is 27.5. The Balaban J connectivity index is 1.24. The van der Waals surface area contributed by atoms with Gasteiger partial charge in [-0.1, -0.05) is 123 Å². The summed E-state index contributed by atoms with van der Waals surface area (Å²) < 4.78 is 11.4. The van der Waals surface area contributed by atoms with Gasteiger partial charge in [0, 0.05) is 23.2 Å². The third-order valence-electron chi connectivity index (χ3n) is 8.27. The van der Waals surface area contributed by atoms with E-state index in [4.69, 9.17) is 15.2 Å². The lowest BCUT2D eigenvalue weighted by molar-refractivity contribution is -0.166. The maximum atomic E-state index is 13.5. The number of ether oxygens (including phenoxy) is 2. The molecule has 0 saturated heterocycles. The molecule has 0 aliphatic rings. The van der Waals surface area contributed by atoms with E-state index in [9.17, 15) is 19.2 Å². The van der Waals surface area contributed by atoms with E-state index >= 15 is 0 Å². The molecule has 8 nitrogen and oxygen atoms in total. The van der Waals surface area contributed by atoms with Crippen molar-refractivity contribution in [3.63, 3.8) is 0 Å². The van der Waals surface area contributed by atoms with Crippen molar-refractivity contribution in [2.45, 2.75) is 51.7 Å². The molecule has 5 rings (SSSR count). The number of benzene rings is 5. The summed E-state index contributed by atoms with van der Waals surface area (Å²) in [7, 11) is 0. The summed E-state index contributed by atoms with van der Waals surface area (Å²) in [6.45, 7) is 1.68. The Kier molecular flexibility index (Phi) is 11.9. The van der Waals surface area contributed by atoms with Crippen LogP contribution in [0, 0.1) is 5.92 Å². The molecule has 0 saturated carbocycles. The first-order chi connectivity index (χ1) is 23.8. The van der Waals surface area contributed by atoms with Gasteiger partial charge in [-0.3, -0.25) is 19.2 Å². The lowest BCUT2D eigenvalue weighted by Gasteiger charge is -2.21. The first kappa shape index (κ1) is 34.6. The monoisotopic (exact) mass is 656 g/mol. The largest absolute Gasteiger partial charge is 0.461 e. The third kappa shape index (κ3) is 9.64. The zero-order chi connectivity index (χ0) is 34.6. The predicted octanol–water partition coefficient (Wildman–Crippen LogP) is 7.17. The smallest absolute Gasteiger partial charge is 0.320 e. The second kappa shape index (κ2) is 16.9. The first-order valence-electron chi connectivity index (χ1n) is 16.4. The van der Waals surface area contributed by atoms with Crippen LogP contribution >= 0.6 is 0 Å². The van der Waals surface area contributed by atoms with Gasteiger partial charge in [-0.05, 0) is 52.4 Å². The van der Waals surface area contributed by atoms with Crippen LogP contribution in [-0.4, -0.2) is 29.9 Å². The fraction of sp³-hybridized carbons (Fsp3) is 0.220. The molecule has 0 fully saturated rings. The highest BCUT2D eigenvalue weighted by molar-refractivity contribution is 6.05. The fourth-order valence-corrected chi connectivity index (χ4v) is 5.79. The topological polar surface area (TPSA) is 125 Å². The van der Waals surface area contributed by atoms with Crippen molar-refractivity contribution < 1.29 is 28.7 Å². The van der Waals surface area contributed by atoms with Gasteiger partial charge in [-0.15, -0.1) is 0 Å². The minimum atomic E-state index is -1.19. The Labute approximate surface area is 286 Å². The zero-order valence-corrected chi connectivity index (χ0v) is 27.5. The third-order valence-corrected chi connectivity index (χ3v) is 8.27. The van der Waals surface area contributed by atoms with Crippen molar-refractivity contribution >= 4 is 40.2 Å². The van der Waals surface area contributed by atoms with Gasteiger partial charge < -0.3 is 20.5 Å². The molecule has 2 amide bonds. The predicted molar refractivity (Wildman–Crippen MR) is 190 cm³/mol. The second-order valence-electron chi connectivity index (χ2n) is 12.0. The minimum Gasteiger partial charge on any atom is -0.461 e. The van der Waals surface area contributed by atoms with E-state index < -0.39 is 29.9 Å². The Morgan fingerprint density at radius 3 is 2.14 bits per heavy atom. The van der Waals surface area contributed by atoms with Gasteiger partial charge in [0.2, 0.25) is 5.91 Å². The number of nitrogens with one attached hydrogen (secondary N) is 1. The van der Waals surface area contributed by atoms with Crippen LogP contribution in [0.15, 0.2) is 121 Å². The highest BCUT2D eigenvalue weighted by atomic mass is 16.6. The molecule has 2 atom stereocenters. The maximum absolute atomic E-state index is 13.5. The number of para-hydroxylation sites is 1. The summed E-state index contributed by atoms with van der Waals surface area (Å²) in [4.78, 5) is 52.1. The molecule has 8 heteroatoms. The SMILES string of the molecule is CCC[C@@H](C(=O)OCc1ccccc1NC(=O)c1ccccc1Cc1ccccc1)C(=O)O[C@H](CC(N)=O)Cc1ccc2ccccc2c1. The van der Waals surface area contributed by atoms with E-state index in [0.717, 1.165) is 27.5 Å². The molecule has 250 valence electrons. The van der Waals surface area contributed by atoms with Gasteiger partial charge in [0.15, 0.2) is 5.92 Å². The van der Waals surface area contributed by atoms with Crippen LogP contribution in [0.2, 0.25) is 0 Å². The van der Waals surface area contributed by atoms with Crippen molar-refractivity contribution in [2.75, 3.05) is 5.32 Å². The summed E-state index contributed by atoms with van der Waals surface area (Å²) in [6, 6.07) is 38.1. The molecular formula is C41H40N2O6. The standard InChI is InChI=1S/C41H40N2O6/c1-2-12-36(41(47)49-34(26-38(42)44)25-29-21-22-30-15-6-7-16-31(30)24-29)40(46)48-27-33-18-9-11-20-37(33)43-39(45)35-19-10-8-17-32(35)23-28-13-4-3-5-14-28/h3-11,13-22,24,34,36H,2,12,23,25-27H2,1H3,(H2,42,44)(H,43,45)/t34-,36-/m0/s1. The minimum absolute atomic E-state index is 0.170. The molecule has 0 radical (unpaired) electrons. The molecule has 5 aromatic rings. The lowest BCUT2D eigenvalue weighted by Crippen LogP contribution is -2.34. The number of fused-ring (bicyclic) bond motifs is 1. The molecule has 0 aromatic heterocycles. The quantitative estimate of drug-likeness (QED) is 0.0909. The van der Waals surface area contributed by atoms with Crippen molar-refractivity contribution in [2.24, 2.45) is 11.7 Å². The lowest BCUT2D eigenvalue weighted by atomic mass is 9.99. The number of carbonyl (C=O) groups is 4. The van der Waals surface area contributed by atoms with Crippen LogP contribution < -0.4 is 11.1 Å². The van der Waals surface area contributed by atoms with Crippen LogP contribution in [0.1, 0.15) is 58.8 Å². The number of anilines is 1. The summed E-state index contributed by atoms with van der Waals surface area (Å²) in [5, 5.41) is 5.05. The molecule has 0 aliphatic heterocycles. The molecule has 5 aromatic carbocycles. The van der Waals surface area contributed by atoms with Crippen molar-refractivity contribution in [3.05, 3.63) is 149 Å². The highest BCUT2D eigenvalue weighted by Gasteiger charge is 2.32. The van der Waals surface area contributed by atoms with Crippen molar-refractivity contribution in [1.82, 2.24) is 0 Å². The number of carbonyl (C=O) groups excluding carboxylic acids is 4. The number of primary amides is 1. The van der Waals surface area contributed by atoms with Crippen LogP contribution in [-0.2, 0) is 43.3 Å². The molecular weight excluding hydrogens is 616 g/mol. The summed E-state index contributed by atoms with van der Waals surface area (Å²) in [5.74, 6) is -3.61. The van der Waals surface area contributed by atoms with Gasteiger partial charge in [0.05, 0.1) is 6.42 Å². The molecule has 0 bridgehead atoms. The molecule has 0 heterocycles. The van der Waals surface area contributed by atoms with Crippen LogP contribution in [0.25, 0.3) is 10.8 Å². The van der Waals surface area contributed by atoms with Gasteiger partial charge in [-0.25, -0.2) is 0 Å². The van der Waals surface area contributed by atoms with Gasteiger partial charge in [0.25, 0.3) is 5.91 Å². The summed E-state index contributed by atoms with van der Waals surface area (Å²) >= 11 is 0. The van der Waals surface area contributed by atoms with E-state index in [2.05, 4.69) is 5.32 Å². The Morgan fingerprint density at radius 1 is 0.714 bits per heavy atom. The number of rotatable bonds is 15. The fourth-order valence-electron chi connectivity index (χ4n) is 5.79. The molecule has 3 N–H and O–H groups in total. The van der Waals surface area contributed by atoms with E-state index in [0.29, 0.717) is 29.7 Å². The Morgan fingerprint density at radius 2 is 1.39 bits per heavy atom. The van der Waals surface area contributed by atoms with E-state index in [1.807, 2.05) is 97.9 Å². The van der Waals surface area contributed by atoms with E-state index in [1.165, 1.54) is 0 Å². The molecule has 0 spiro atoms. The average Bonchev–Trinajstić information content (AvgIpc) is 3.10. The van der Waals surface area contributed by atoms with Gasteiger partial charge in [0.1, 0.15) is 12.7 Å². The Bertz CT molecular complexity index is 1920. The number of hydrogen-bond donors (Lipinski definition) is 2. The highest BCUT2D eigenvalue weighted by Crippen LogP contribution is 2.23. The normalized spacial score (nSPS) is 12.1. The average molecular weight is 657 g/mol. The van der Waals surface area contributed by atoms with Gasteiger partial charge >= 0.3 is 11.9 Å². The number of nitrogens with two attached hydrogens (primary N) is 1. The number of esters is 2. The number of hydrogen-bond acceptors (Lipinski definition) is 6. The van der Waals surface area contributed by atoms with Crippen LogP contribution in [0.5, 0.6) is 0 Å². The van der Waals surface area contributed by atoms with Crippen LogP contribution in [0.3, 0.4) is 0 Å². The van der Waals surface area contributed by atoms with E-state index in [-0.39, 0.29) is 31.8 Å². The number of amides is 2. The summed E-state index contributed by atoms with van der Waals surface area (Å²) in [5.41, 5.74) is 9.93. The van der Waals surface area contributed by atoms with Crippen LogP contribution in [0.4, 0.5) is 5.69 Å². The Hall–Kier alpha value is -5.76. The molecule has 0 aliphatic carbocycles. The van der Waals surface area contributed by atoms with Crippen molar-refractivity contribution in [3.8, 4) is 0 Å². The second-order valence-corrected chi connectivity index (χ2v) is 12.0.